The number of rotatable bonds is 26. The van der Waals surface area contributed by atoms with Gasteiger partial charge in [0.05, 0.1) is 55.3 Å². The maximum atomic E-state index is 13.4. The molecule has 496 valence electrons. The number of hydrogen-bond acceptors (Lipinski definition) is 17. The van der Waals surface area contributed by atoms with E-state index in [1.54, 1.807) is 69.7 Å². The van der Waals surface area contributed by atoms with Gasteiger partial charge < -0.3 is 45.7 Å². The summed E-state index contributed by atoms with van der Waals surface area (Å²) in [7, 11) is 2.94. The number of nitro groups is 1. The van der Waals surface area contributed by atoms with E-state index in [0.717, 1.165) is 43.7 Å². The van der Waals surface area contributed by atoms with E-state index in [-0.39, 0.29) is 78.7 Å². The van der Waals surface area contributed by atoms with Crippen molar-refractivity contribution in [2.75, 3.05) is 20.8 Å². The fourth-order valence-electron chi connectivity index (χ4n) is 9.76. The average molecular weight is 1300 g/mol. The van der Waals surface area contributed by atoms with Crippen LogP contribution in [0.15, 0.2) is 182 Å². The van der Waals surface area contributed by atoms with Crippen molar-refractivity contribution in [3.8, 4) is 11.5 Å². The highest BCUT2D eigenvalue weighted by Gasteiger charge is 2.28. The lowest BCUT2D eigenvalue weighted by Gasteiger charge is -2.21. The normalized spacial score (nSPS) is 11.9. The third-order valence-electron chi connectivity index (χ3n) is 14.8. The molecule has 7 amide bonds. The molecule has 0 fully saturated rings. The molecule has 3 aromatic heterocycles. The monoisotopic (exact) mass is 1300 g/mol. The van der Waals surface area contributed by atoms with E-state index in [1.807, 2.05) is 97.1 Å². The molecule has 0 radical (unpaired) electrons. The van der Waals surface area contributed by atoms with Gasteiger partial charge in [0, 0.05) is 90.8 Å². The third-order valence-corrected chi connectivity index (χ3v) is 14.8. The van der Waals surface area contributed by atoms with Crippen LogP contribution in [0, 0.1) is 10.1 Å². The molecule has 0 saturated carbocycles. The van der Waals surface area contributed by atoms with Crippen LogP contribution < -0.4 is 58.3 Å². The number of carbonyl (C=O) groups is 7. The fourth-order valence-corrected chi connectivity index (χ4v) is 9.76. The van der Waals surface area contributed by atoms with Crippen molar-refractivity contribution in [3.05, 3.63) is 227 Å². The van der Waals surface area contributed by atoms with Crippen molar-refractivity contribution < 1.29 is 48.0 Å². The molecule has 0 bridgehead atoms. The third kappa shape index (κ3) is 19.9. The molecule has 0 aliphatic carbocycles. The number of amides is 7. The number of fused-ring (bicyclic) bond motifs is 3. The number of benzene rings is 7. The number of hydrazine groups is 2. The summed E-state index contributed by atoms with van der Waals surface area (Å²) in [6.07, 6.45) is 10.6. The van der Waals surface area contributed by atoms with E-state index >= 15 is 0 Å². The lowest BCUT2D eigenvalue weighted by Crippen LogP contribution is -2.52. The van der Waals surface area contributed by atoms with Gasteiger partial charge in [0.1, 0.15) is 18.1 Å². The van der Waals surface area contributed by atoms with Crippen LogP contribution in [0.2, 0.25) is 0 Å². The molecule has 1 unspecified atom stereocenters. The smallest absolute Gasteiger partial charge is 0.278 e. The van der Waals surface area contributed by atoms with Crippen molar-refractivity contribution in [2.45, 2.75) is 77.0 Å². The highest BCUT2D eigenvalue weighted by Crippen LogP contribution is 2.37. The second-order valence-electron chi connectivity index (χ2n) is 21.9. The van der Waals surface area contributed by atoms with Crippen molar-refractivity contribution >= 4 is 85.1 Å². The van der Waals surface area contributed by atoms with Crippen LogP contribution >= 0.6 is 0 Å². The zero-order valence-electron chi connectivity index (χ0n) is 53.1. The standard InChI is InChI=1S/C31H35N7O7.C20H21N5O2.C17H17N5O2/c1-19(24-15-27(44-3)28(16-26(24)38(42)43)45-12-6-9-29(39)32-2)36-37-31(41)25(14-23-17-33-18-34-23)35-30(40)22-11-10-20-7-4-5-8-21(20)13-22;1-13(2)24-25-20(27)18(10-17-11-21-12-22-17)23-19(26)16-8-7-14-5-3-4-6-15(14)9-16;18-22-17(24)15(8-14-9-19-10-20-14)21-16(23)13-6-5-11-3-1-2-4-12(11)7-13/h4-5,7-8,10-11,13,15-19,25,36H,6,9,12,14H2,1-3H3,(H,32,39)(H,33,34)(H,35,40)(H,37,41);3-9,11-12,18H,10H2,1-2H3,(H,21,22)(H,23,26)(H,25,27);1-7,9-10,15H,8,18H2,(H,19,20)(H,21,23)(H,22,24)/t19?,25-;18-;15-/m000/s1. The number of hydrogen-bond donors (Lipinski definition) is 12. The Hall–Kier alpha value is -12.2. The minimum absolute atomic E-state index is 0.112. The number of carbonyl (C=O) groups excluding carboxylic acids is 7. The zero-order chi connectivity index (χ0) is 68.5. The van der Waals surface area contributed by atoms with Crippen molar-refractivity contribution in [3.63, 3.8) is 0 Å². The molecule has 13 N–H and O–H groups in total. The van der Waals surface area contributed by atoms with Gasteiger partial charge in [0.2, 0.25) is 5.91 Å². The average Bonchev–Trinajstić information content (AvgIpc) is 1.32. The van der Waals surface area contributed by atoms with Crippen LogP contribution in [-0.4, -0.2) is 121 Å². The molecule has 0 aliphatic rings. The van der Waals surface area contributed by atoms with Gasteiger partial charge in [0.25, 0.3) is 41.1 Å². The zero-order valence-corrected chi connectivity index (χ0v) is 53.1. The Morgan fingerprint density at radius 3 is 1.40 bits per heavy atom. The van der Waals surface area contributed by atoms with Crippen molar-refractivity contribution in [1.29, 1.82) is 0 Å². The summed E-state index contributed by atoms with van der Waals surface area (Å²) in [6, 6.07) is 38.6. The van der Waals surface area contributed by atoms with E-state index in [9.17, 15) is 43.7 Å². The summed E-state index contributed by atoms with van der Waals surface area (Å²) in [6.45, 7) is 5.33. The number of ether oxygens (including phenoxy) is 2. The van der Waals surface area contributed by atoms with E-state index < -0.39 is 46.8 Å². The topological polar surface area (TPSA) is 402 Å². The van der Waals surface area contributed by atoms with Gasteiger partial charge >= 0.3 is 0 Å². The quantitative estimate of drug-likeness (QED) is 0.00695. The predicted molar refractivity (Wildman–Crippen MR) is 360 cm³/mol. The molecule has 0 spiro atoms. The molecule has 7 aromatic carbocycles. The van der Waals surface area contributed by atoms with Gasteiger partial charge in [-0.2, -0.15) is 5.10 Å². The second kappa shape index (κ2) is 34.5. The molecule has 10 aromatic rings. The Bertz CT molecular complexity index is 4350. The maximum absolute atomic E-state index is 13.4. The molecule has 4 atom stereocenters. The number of hydrazone groups is 1. The summed E-state index contributed by atoms with van der Waals surface area (Å²) < 4.78 is 11.1. The largest absolute Gasteiger partial charge is 0.493 e. The van der Waals surface area contributed by atoms with Gasteiger partial charge in [-0.25, -0.2) is 31.6 Å². The summed E-state index contributed by atoms with van der Waals surface area (Å²) in [5, 5.41) is 32.6. The number of H-pyrrole nitrogens is 3. The highest BCUT2D eigenvalue weighted by atomic mass is 16.6. The molecule has 96 heavy (non-hydrogen) atoms. The first kappa shape index (κ1) is 69.7. The minimum atomic E-state index is -1.01. The number of nitrogens with zero attached hydrogens (tertiary/aromatic N) is 5. The number of nitrogens with one attached hydrogen (secondary N) is 11. The van der Waals surface area contributed by atoms with Crippen molar-refractivity contribution in [2.24, 2.45) is 10.9 Å². The highest BCUT2D eigenvalue weighted by molar-refractivity contribution is 6.03. The Morgan fingerprint density at radius 2 is 1.01 bits per heavy atom. The Morgan fingerprint density at radius 1 is 0.583 bits per heavy atom. The van der Waals surface area contributed by atoms with Crippen LogP contribution in [0.25, 0.3) is 32.3 Å². The van der Waals surface area contributed by atoms with Gasteiger partial charge in [-0.3, -0.25) is 54.5 Å². The van der Waals surface area contributed by atoms with Crippen LogP contribution in [0.4, 0.5) is 5.69 Å². The molecule has 28 heteroatoms. The fraction of sp³-hybridized carbons (Fsp3) is 0.221. The van der Waals surface area contributed by atoms with E-state index in [0.29, 0.717) is 34.5 Å². The molecule has 0 aliphatic heterocycles. The maximum Gasteiger partial charge on any atom is 0.278 e. The van der Waals surface area contributed by atoms with Crippen LogP contribution in [0.1, 0.15) is 93.4 Å². The predicted octanol–water partition coefficient (Wildman–Crippen LogP) is 6.42. The van der Waals surface area contributed by atoms with Crippen LogP contribution in [0.5, 0.6) is 11.5 Å². The first-order valence-corrected chi connectivity index (χ1v) is 30.3. The molecule has 0 saturated heterocycles. The molecular formula is C68H73N17O11. The molecule has 28 nitrogen and oxygen atoms in total. The number of methoxy groups -OCH3 is 1. The number of imidazole rings is 3. The number of nitro benzene ring substituents is 1. The Labute approximate surface area is 550 Å². The van der Waals surface area contributed by atoms with Gasteiger partial charge in [0.15, 0.2) is 11.5 Å². The minimum Gasteiger partial charge on any atom is -0.493 e. The lowest BCUT2D eigenvalue weighted by molar-refractivity contribution is -0.385. The van der Waals surface area contributed by atoms with E-state index in [2.05, 4.69) is 78.0 Å². The van der Waals surface area contributed by atoms with Gasteiger partial charge in [-0.05, 0) is 102 Å². The number of nitrogens with two attached hydrogens (primary N) is 1. The van der Waals surface area contributed by atoms with Crippen LogP contribution in [-0.2, 0) is 38.4 Å². The first-order chi connectivity index (χ1) is 46.4. The SMILES string of the molecule is CC(C)=NNC(=O)[C@H](Cc1cnc[nH]1)NC(=O)c1ccc2ccccc2c1.CNC(=O)CCCOc1cc([N+](=O)[O-])c(C(C)NNC(=O)[C@H](Cc2cnc[nH]2)NC(=O)c2ccc3ccccc3c2)cc1OC.NNC(=O)[C@H](Cc1cnc[nH]1)NC(=O)c1ccc2ccccc2c1. The van der Waals surface area contributed by atoms with Gasteiger partial charge in [-0.1, -0.05) is 91.0 Å². The molecular weight excluding hydrogens is 1230 g/mol. The summed E-state index contributed by atoms with van der Waals surface area (Å²) in [5.74, 6) is 2.92. The van der Waals surface area contributed by atoms with E-state index in [1.165, 1.54) is 45.3 Å². The first-order valence-electron chi connectivity index (χ1n) is 30.3. The van der Waals surface area contributed by atoms with Gasteiger partial charge in [-0.15, -0.1) is 0 Å². The Kier molecular flexibility index (Phi) is 25.0. The number of aromatic nitrogens is 6. The second-order valence-corrected chi connectivity index (χ2v) is 21.9. The van der Waals surface area contributed by atoms with Crippen molar-refractivity contribution in [1.82, 2.24) is 72.9 Å². The van der Waals surface area contributed by atoms with Crippen LogP contribution in [0.3, 0.4) is 0 Å². The Balaban J connectivity index is 0.000000197. The summed E-state index contributed by atoms with van der Waals surface area (Å²) in [4.78, 5) is 120. The molecule has 10 rings (SSSR count). The lowest BCUT2D eigenvalue weighted by atomic mass is 10.1. The molecule has 3 heterocycles. The van der Waals surface area contributed by atoms with E-state index in [4.69, 9.17) is 15.3 Å². The summed E-state index contributed by atoms with van der Waals surface area (Å²) >= 11 is 0. The number of aromatic amines is 3. The summed E-state index contributed by atoms with van der Waals surface area (Å²) in [5.41, 5.74) is 14.1.